The monoisotopic (exact) mass is 495 g/mol. The van der Waals surface area contributed by atoms with Crippen molar-refractivity contribution in [1.29, 1.82) is 0 Å². The van der Waals surface area contributed by atoms with E-state index in [-0.39, 0.29) is 23.8 Å². The fraction of sp³-hybridized carbons (Fsp3) is 0.296. The van der Waals surface area contributed by atoms with Gasteiger partial charge in [0, 0.05) is 5.56 Å². The van der Waals surface area contributed by atoms with Crippen molar-refractivity contribution in [3.8, 4) is 5.75 Å². The van der Waals surface area contributed by atoms with Gasteiger partial charge < -0.3 is 14.3 Å². The largest absolute Gasteiger partial charge is 0.487 e. The molecule has 0 amide bonds. The highest BCUT2D eigenvalue weighted by Crippen LogP contribution is 2.42. The first-order chi connectivity index (χ1) is 16.6. The van der Waals surface area contributed by atoms with Gasteiger partial charge in [0.2, 0.25) is 5.09 Å². The minimum absolute atomic E-state index is 0.0193. The summed E-state index contributed by atoms with van der Waals surface area (Å²) in [6.45, 7) is 9.27. The van der Waals surface area contributed by atoms with Crippen LogP contribution in [0.15, 0.2) is 64.1 Å². The second kappa shape index (κ2) is 9.62. The van der Waals surface area contributed by atoms with Crippen LogP contribution >= 0.6 is 0 Å². The molecule has 2 aromatic carbocycles. The maximum Gasteiger partial charge on any atom is 0.336 e. The van der Waals surface area contributed by atoms with Gasteiger partial charge in [-0.25, -0.2) is 4.79 Å². The molecular weight excluding hydrogens is 466 g/mol. The van der Waals surface area contributed by atoms with Crippen molar-refractivity contribution in [2.45, 2.75) is 51.7 Å². The van der Waals surface area contributed by atoms with E-state index in [0.29, 0.717) is 34.8 Å². The van der Waals surface area contributed by atoms with E-state index in [1.54, 1.807) is 38.1 Å². The molecule has 35 heavy (non-hydrogen) atoms. The normalized spacial score (nSPS) is 12.9. The molecule has 1 aliphatic carbocycles. The third-order valence-corrected chi connectivity index (χ3v) is 7.64. The zero-order chi connectivity index (χ0) is 25.3. The van der Waals surface area contributed by atoms with Crippen LogP contribution in [0.2, 0.25) is 0 Å². The van der Waals surface area contributed by atoms with Crippen LogP contribution < -0.4 is 9.04 Å². The number of hydrogen-bond donors (Lipinski definition) is 1. The van der Waals surface area contributed by atoms with E-state index in [0.717, 1.165) is 29.5 Å². The molecule has 0 fully saturated rings. The molecule has 4 rings (SSSR count). The van der Waals surface area contributed by atoms with Gasteiger partial charge in [-0.2, -0.15) is 8.42 Å². The van der Waals surface area contributed by atoms with Gasteiger partial charge in [-0.3, -0.25) is 4.31 Å². The Morgan fingerprint density at radius 1 is 1.14 bits per heavy atom. The Bertz CT molecular complexity index is 1400. The standard InChI is InChI=1S/C27H29NO6S/c1-17(2)15-28(35(31,32)25-13-9-19(4)34-25)26-22-7-5-6-20(22)11-12-24(26)33-16-21-10-8-18(3)14-23(21)27(29)30/h8-14H,1,5-7,15-16H2,2-4H3,(H,29,30). The van der Waals surface area contributed by atoms with Crippen molar-refractivity contribution in [1.82, 2.24) is 0 Å². The van der Waals surface area contributed by atoms with E-state index in [9.17, 15) is 18.3 Å². The van der Waals surface area contributed by atoms with Gasteiger partial charge >= 0.3 is 5.97 Å². The summed E-state index contributed by atoms with van der Waals surface area (Å²) in [6.07, 6.45) is 2.48. The number of anilines is 1. The predicted octanol–water partition coefficient (Wildman–Crippen LogP) is 5.43. The van der Waals surface area contributed by atoms with Gasteiger partial charge in [-0.15, -0.1) is 0 Å². The molecule has 0 saturated carbocycles. The molecular formula is C27H29NO6S. The summed E-state index contributed by atoms with van der Waals surface area (Å²) < 4.78 is 40.5. The Balaban J connectivity index is 1.81. The lowest BCUT2D eigenvalue weighted by Gasteiger charge is -2.28. The van der Waals surface area contributed by atoms with Crippen LogP contribution in [-0.2, 0) is 29.5 Å². The van der Waals surface area contributed by atoms with Crippen LogP contribution in [0.5, 0.6) is 5.75 Å². The summed E-state index contributed by atoms with van der Waals surface area (Å²) >= 11 is 0. The Kier molecular flexibility index (Phi) is 6.76. The number of fused-ring (bicyclic) bond motifs is 1. The lowest BCUT2D eigenvalue weighted by Crippen LogP contribution is -2.33. The van der Waals surface area contributed by atoms with Crippen molar-refractivity contribution in [2.75, 3.05) is 10.8 Å². The topological polar surface area (TPSA) is 97.0 Å². The quantitative estimate of drug-likeness (QED) is 0.398. The molecule has 0 aliphatic heterocycles. The first-order valence-corrected chi connectivity index (χ1v) is 12.9. The molecule has 184 valence electrons. The number of carboxylic acid groups (broad SMARTS) is 1. The number of aromatic carboxylic acids is 1. The Labute approximate surface area is 205 Å². The second-order valence-electron chi connectivity index (χ2n) is 8.99. The van der Waals surface area contributed by atoms with E-state index in [1.165, 1.54) is 10.4 Å². The molecule has 0 bridgehead atoms. The van der Waals surface area contributed by atoms with Gasteiger partial charge in [-0.05, 0) is 75.4 Å². The number of sulfonamides is 1. The minimum Gasteiger partial charge on any atom is -0.487 e. The fourth-order valence-corrected chi connectivity index (χ4v) is 5.90. The van der Waals surface area contributed by atoms with Gasteiger partial charge in [0.15, 0.2) is 0 Å². The number of carboxylic acids is 1. The van der Waals surface area contributed by atoms with E-state index in [4.69, 9.17) is 9.15 Å². The SMILES string of the molecule is C=C(C)CN(c1c(OCc2ccc(C)cc2C(=O)O)ccc2c1CCC2)S(=O)(=O)c1ccc(C)o1. The van der Waals surface area contributed by atoms with Gasteiger partial charge in [0.1, 0.15) is 18.1 Å². The van der Waals surface area contributed by atoms with Crippen LogP contribution in [0, 0.1) is 13.8 Å². The average Bonchev–Trinajstić information content (AvgIpc) is 3.45. The molecule has 0 saturated heterocycles. The molecule has 3 aromatic rings. The molecule has 0 unspecified atom stereocenters. The highest BCUT2D eigenvalue weighted by Gasteiger charge is 2.34. The van der Waals surface area contributed by atoms with E-state index in [2.05, 4.69) is 6.58 Å². The lowest BCUT2D eigenvalue weighted by atomic mass is 10.0. The third-order valence-electron chi connectivity index (χ3n) is 6.02. The van der Waals surface area contributed by atoms with Crippen LogP contribution in [-0.4, -0.2) is 26.0 Å². The number of hydrogen-bond acceptors (Lipinski definition) is 5. The summed E-state index contributed by atoms with van der Waals surface area (Å²) in [5.74, 6) is -0.175. The predicted molar refractivity (Wildman–Crippen MR) is 134 cm³/mol. The maximum absolute atomic E-state index is 13.7. The summed E-state index contributed by atoms with van der Waals surface area (Å²) in [5, 5.41) is 9.48. The Morgan fingerprint density at radius 2 is 1.91 bits per heavy atom. The zero-order valence-corrected chi connectivity index (χ0v) is 20.9. The highest BCUT2D eigenvalue weighted by molar-refractivity contribution is 7.92. The highest BCUT2D eigenvalue weighted by atomic mass is 32.2. The zero-order valence-electron chi connectivity index (χ0n) is 20.1. The molecule has 1 heterocycles. The molecule has 7 nitrogen and oxygen atoms in total. The van der Waals surface area contributed by atoms with Crippen molar-refractivity contribution >= 4 is 21.7 Å². The van der Waals surface area contributed by atoms with Crippen molar-refractivity contribution in [2.24, 2.45) is 0 Å². The number of ether oxygens (including phenoxy) is 1. The lowest BCUT2D eigenvalue weighted by molar-refractivity contribution is 0.0694. The van der Waals surface area contributed by atoms with E-state index < -0.39 is 16.0 Å². The van der Waals surface area contributed by atoms with Gasteiger partial charge in [0.05, 0.1) is 17.8 Å². The number of nitrogens with zero attached hydrogens (tertiary/aromatic N) is 1. The number of furan rings is 1. The third kappa shape index (κ3) is 4.98. The van der Waals surface area contributed by atoms with Crippen molar-refractivity contribution in [3.05, 3.63) is 88.2 Å². The number of rotatable bonds is 9. The van der Waals surface area contributed by atoms with Crippen molar-refractivity contribution in [3.63, 3.8) is 0 Å². The molecule has 1 aromatic heterocycles. The van der Waals surface area contributed by atoms with Crippen LogP contribution in [0.1, 0.15) is 51.7 Å². The first-order valence-electron chi connectivity index (χ1n) is 11.4. The first kappa shape index (κ1) is 24.6. The van der Waals surface area contributed by atoms with E-state index in [1.807, 2.05) is 19.1 Å². The van der Waals surface area contributed by atoms with Crippen LogP contribution in [0.25, 0.3) is 0 Å². The smallest absolute Gasteiger partial charge is 0.336 e. The summed E-state index contributed by atoms with van der Waals surface area (Å²) in [5.41, 5.74) is 4.60. The maximum atomic E-state index is 13.7. The molecule has 1 N–H and O–H groups in total. The summed E-state index contributed by atoms with van der Waals surface area (Å²) in [4.78, 5) is 11.8. The number of carbonyl (C=O) groups is 1. The summed E-state index contributed by atoms with van der Waals surface area (Å²) in [7, 11) is -4.05. The Hall–Kier alpha value is -3.52. The summed E-state index contributed by atoms with van der Waals surface area (Å²) in [6, 6.07) is 11.9. The van der Waals surface area contributed by atoms with Crippen LogP contribution in [0.4, 0.5) is 5.69 Å². The number of aryl methyl sites for hydroxylation is 3. The number of benzene rings is 2. The molecule has 1 aliphatic rings. The van der Waals surface area contributed by atoms with Gasteiger partial charge in [-0.1, -0.05) is 35.9 Å². The fourth-order valence-electron chi connectivity index (χ4n) is 4.37. The van der Waals surface area contributed by atoms with Crippen LogP contribution in [0.3, 0.4) is 0 Å². The average molecular weight is 496 g/mol. The second-order valence-corrected chi connectivity index (χ2v) is 10.8. The van der Waals surface area contributed by atoms with Crippen molar-refractivity contribution < 1.29 is 27.5 Å². The van der Waals surface area contributed by atoms with E-state index >= 15 is 0 Å². The molecule has 8 heteroatoms. The minimum atomic E-state index is -4.05. The Morgan fingerprint density at radius 3 is 2.57 bits per heavy atom. The van der Waals surface area contributed by atoms with Gasteiger partial charge in [0.25, 0.3) is 10.0 Å². The molecule has 0 radical (unpaired) electrons. The molecule has 0 spiro atoms. The molecule has 0 atom stereocenters.